The van der Waals surface area contributed by atoms with Crippen LogP contribution in [0.3, 0.4) is 0 Å². The minimum Gasteiger partial charge on any atom is -0.488 e. The summed E-state index contributed by atoms with van der Waals surface area (Å²) in [5, 5.41) is 9.61. The molecule has 1 aromatic carbocycles. The van der Waals surface area contributed by atoms with Crippen LogP contribution in [0.2, 0.25) is 0 Å². The van der Waals surface area contributed by atoms with E-state index in [4.69, 9.17) is 10.5 Å². The van der Waals surface area contributed by atoms with Crippen LogP contribution >= 0.6 is 0 Å². The Bertz CT molecular complexity index is 310. The Morgan fingerprint density at radius 3 is 2.53 bits per heavy atom. The highest BCUT2D eigenvalue weighted by Gasteiger charge is 2.26. The van der Waals surface area contributed by atoms with Gasteiger partial charge in [0.1, 0.15) is 11.9 Å². The van der Waals surface area contributed by atoms with E-state index in [9.17, 15) is 5.11 Å². The van der Waals surface area contributed by atoms with Gasteiger partial charge in [-0.3, -0.25) is 0 Å². The van der Waals surface area contributed by atoms with E-state index in [2.05, 4.69) is 0 Å². The fourth-order valence-electron chi connectivity index (χ4n) is 1.92. The zero-order chi connectivity index (χ0) is 10.7. The van der Waals surface area contributed by atoms with Crippen molar-refractivity contribution < 1.29 is 9.84 Å². The molecule has 0 bridgehead atoms. The van der Waals surface area contributed by atoms with E-state index < -0.39 is 0 Å². The molecule has 1 fully saturated rings. The highest BCUT2D eigenvalue weighted by molar-refractivity contribution is 5.27. The summed E-state index contributed by atoms with van der Waals surface area (Å²) >= 11 is 0. The van der Waals surface area contributed by atoms with Gasteiger partial charge in [0.2, 0.25) is 0 Å². The molecule has 0 saturated heterocycles. The van der Waals surface area contributed by atoms with Crippen molar-refractivity contribution in [2.75, 3.05) is 0 Å². The lowest BCUT2D eigenvalue weighted by atomic mass is 10.2. The fourth-order valence-corrected chi connectivity index (χ4v) is 1.92. The smallest absolute Gasteiger partial charge is 0.124 e. The van der Waals surface area contributed by atoms with E-state index in [0.29, 0.717) is 6.54 Å². The van der Waals surface area contributed by atoms with Crippen LogP contribution in [0.25, 0.3) is 0 Å². The summed E-state index contributed by atoms with van der Waals surface area (Å²) in [5.74, 6) is 0.818. The molecule has 0 heterocycles. The third-order valence-corrected chi connectivity index (χ3v) is 2.86. The molecule has 0 amide bonds. The van der Waals surface area contributed by atoms with Crippen molar-refractivity contribution in [3.8, 4) is 5.75 Å². The summed E-state index contributed by atoms with van der Waals surface area (Å²) in [5.41, 5.74) is 6.60. The Morgan fingerprint density at radius 1 is 1.27 bits per heavy atom. The maximum Gasteiger partial charge on any atom is 0.124 e. The number of nitrogens with two attached hydrogens (primary N) is 1. The predicted octanol–water partition coefficient (Wildman–Crippen LogP) is 1.44. The Morgan fingerprint density at radius 2 is 2.00 bits per heavy atom. The maximum absolute atomic E-state index is 9.61. The average Bonchev–Trinajstić information content (AvgIpc) is 2.66. The van der Waals surface area contributed by atoms with Crippen molar-refractivity contribution >= 4 is 0 Å². The van der Waals surface area contributed by atoms with Gasteiger partial charge in [0.25, 0.3) is 0 Å². The van der Waals surface area contributed by atoms with Crippen molar-refractivity contribution in [2.24, 2.45) is 5.73 Å². The van der Waals surface area contributed by atoms with E-state index in [-0.39, 0.29) is 12.2 Å². The first-order valence-corrected chi connectivity index (χ1v) is 5.43. The van der Waals surface area contributed by atoms with E-state index in [1.165, 1.54) is 0 Å². The monoisotopic (exact) mass is 207 g/mol. The molecule has 15 heavy (non-hydrogen) atoms. The van der Waals surface area contributed by atoms with Gasteiger partial charge in [0, 0.05) is 6.54 Å². The summed E-state index contributed by atoms with van der Waals surface area (Å²) in [7, 11) is 0. The van der Waals surface area contributed by atoms with Gasteiger partial charge >= 0.3 is 0 Å². The van der Waals surface area contributed by atoms with Gasteiger partial charge in [-0.2, -0.15) is 0 Å². The van der Waals surface area contributed by atoms with Crippen LogP contribution in [0, 0.1) is 0 Å². The Labute approximate surface area is 89.9 Å². The normalized spacial score (nSPS) is 25.5. The van der Waals surface area contributed by atoms with E-state index in [0.717, 1.165) is 30.6 Å². The minimum atomic E-state index is -0.306. The van der Waals surface area contributed by atoms with Gasteiger partial charge in [0.05, 0.1) is 6.10 Å². The van der Waals surface area contributed by atoms with Crippen molar-refractivity contribution in [2.45, 2.75) is 38.0 Å². The lowest BCUT2D eigenvalue weighted by Crippen LogP contribution is -2.25. The molecule has 2 atom stereocenters. The maximum atomic E-state index is 9.61. The first-order chi connectivity index (χ1) is 7.29. The molecular weight excluding hydrogens is 190 g/mol. The SMILES string of the molecule is NCc1ccc(OC2CCCC2O)cc1. The molecule has 1 aromatic rings. The van der Waals surface area contributed by atoms with Crippen LogP contribution in [0.5, 0.6) is 5.75 Å². The Hall–Kier alpha value is -1.06. The summed E-state index contributed by atoms with van der Waals surface area (Å²) in [6, 6.07) is 7.73. The molecule has 2 rings (SSSR count). The highest BCUT2D eigenvalue weighted by atomic mass is 16.5. The molecule has 1 saturated carbocycles. The molecule has 0 aromatic heterocycles. The van der Waals surface area contributed by atoms with Gasteiger partial charge in [0.15, 0.2) is 0 Å². The van der Waals surface area contributed by atoms with Crippen LogP contribution in [-0.4, -0.2) is 17.3 Å². The van der Waals surface area contributed by atoms with Crippen LogP contribution < -0.4 is 10.5 Å². The topological polar surface area (TPSA) is 55.5 Å². The van der Waals surface area contributed by atoms with Crippen molar-refractivity contribution in [3.05, 3.63) is 29.8 Å². The van der Waals surface area contributed by atoms with Crippen molar-refractivity contribution in [3.63, 3.8) is 0 Å². The molecule has 0 spiro atoms. The Kier molecular flexibility index (Phi) is 3.23. The van der Waals surface area contributed by atoms with Crippen LogP contribution in [0.15, 0.2) is 24.3 Å². The zero-order valence-corrected chi connectivity index (χ0v) is 8.73. The number of rotatable bonds is 3. The summed E-state index contributed by atoms with van der Waals surface area (Å²) in [4.78, 5) is 0. The second-order valence-electron chi connectivity index (χ2n) is 4.00. The number of benzene rings is 1. The average molecular weight is 207 g/mol. The zero-order valence-electron chi connectivity index (χ0n) is 8.73. The number of hydrogen-bond donors (Lipinski definition) is 2. The molecule has 82 valence electrons. The quantitative estimate of drug-likeness (QED) is 0.788. The number of aliphatic hydroxyl groups is 1. The molecule has 0 radical (unpaired) electrons. The Balaban J connectivity index is 1.98. The summed E-state index contributed by atoms with van der Waals surface area (Å²) in [6.45, 7) is 0.548. The first kappa shape index (κ1) is 10.5. The standard InChI is InChI=1S/C12H17NO2/c13-8-9-4-6-10(7-5-9)15-12-3-1-2-11(12)14/h4-7,11-12,14H,1-3,8,13H2. The van der Waals surface area contributed by atoms with Crippen LogP contribution in [-0.2, 0) is 6.54 Å². The van der Waals surface area contributed by atoms with E-state index >= 15 is 0 Å². The van der Waals surface area contributed by atoms with Crippen LogP contribution in [0.4, 0.5) is 0 Å². The number of aliphatic hydroxyl groups excluding tert-OH is 1. The largest absolute Gasteiger partial charge is 0.488 e. The second-order valence-corrected chi connectivity index (χ2v) is 4.00. The van der Waals surface area contributed by atoms with Gasteiger partial charge in [-0.05, 0) is 37.0 Å². The summed E-state index contributed by atoms with van der Waals surface area (Å²) < 4.78 is 5.70. The fraction of sp³-hybridized carbons (Fsp3) is 0.500. The molecule has 3 N–H and O–H groups in total. The van der Waals surface area contributed by atoms with Gasteiger partial charge in [-0.1, -0.05) is 12.1 Å². The molecule has 0 aliphatic heterocycles. The van der Waals surface area contributed by atoms with E-state index in [1.807, 2.05) is 24.3 Å². The molecule has 1 aliphatic rings. The van der Waals surface area contributed by atoms with Crippen molar-refractivity contribution in [1.82, 2.24) is 0 Å². The third kappa shape index (κ3) is 2.49. The van der Waals surface area contributed by atoms with E-state index in [1.54, 1.807) is 0 Å². The summed E-state index contributed by atoms with van der Waals surface area (Å²) in [6.07, 6.45) is 2.51. The van der Waals surface area contributed by atoms with Gasteiger partial charge < -0.3 is 15.6 Å². The lowest BCUT2D eigenvalue weighted by Gasteiger charge is -2.17. The molecule has 2 unspecified atom stereocenters. The molecule has 3 heteroatoms. The van der Waals surface area contributed by atoms with Crippen molar-refractivity contribution in [1.29, 1.82) is 0 Å². The van der Waals surface area contributed by atoms with Gasteiger partial charge in [-0.15, -0.1) is 0 Å². The first-order valence-electron chi connectivity index (χ1n) is 5.43. The number of hydrogen-bond acceptors (Lipinski definition) is 3. The molecule has 3 nitrogen and oxygen atoms in total. The number of ether oxygens (including phenoxy) is 1. The van der Waals surface area contributed by atoms with Crippen LogP contribution in [0.1, 0.15) is 24.8 Å². The highest BCUT2D eigenvalue weighted by Crippen LogP contribution is 2.24. The van der Waals surface area contributed by atoms with Gasteiger partial charge in [-0.25, -0.2) is 0 Å². The second kappa shape index (κ2) is 4.64. The molecule has 1 aliphatic carbocycles. The molecular formula is C12H17NO2. The third-order valence-electron chi connectivity index (χ3n) is 2.86. The lowest BCUT2D eigenvalue weighted by molar-refractivity contribution is 0.0604. The minimum absolute atomic E-state index is 0.0336. The predicted molar refractivity (Wildman–Crippen MR) is 58.6 cm³/mol.